The summed E-state index contributed by atoms with van der Waals surface area (Å²) in [4.78, 5) is 14.7. The fourth-order valence-electron chi connectivity index (χ4n) is 1.42. The van der Waals surface area contributed by atoms with Gasteiger partial charge in [0.15, 0.2) is 0 Å². The molecular weight excluding hydrogens is 285 g/mol. The molecule has 0 unspecified atom stereocenters. The summed E-state index contributed by atoms with van der Waals surface area (Å²) in [5.74, 6) is -1.59. The Hall–Kier alpha value is -2.31. The molecule has 0 saturated heterocycles. The van der Waals surface area contributed by atoms with E-state index in [9.17, 15) is 18.0 Å². The van der Waals surface area contributed by atoms with Crippen molar-refractivity contribution in [2.75, 3.05) is 5.32 Å². The van der Waals surface area contributed by atoms with Gasteiger partial charge in [-0.1, -0.05) is 6.58 Å². The van der Waals surface area contributed by atoms with Gasteiger partial charge in [-0.15, -0.1) is 0 Å². The zero-order chi connectivity index (χ0) is 16.0. The van der Waals surface area contributed by atoms with Gasteiger partial charge in [-0.05, 0) is 32.0 Å². The third-order valence-electron chi connectivity index (χ3n) is 2.21. The lowest BCUT2D eigenvalue weighted by Crippen LogP contribution is -2.29. The van der Waals surface area contributed by atoms with Crippen LogP contribution in [-0.2, 0) is 4.79 Å². The van der Waals surface area contributed by atoms with Crippen molar-refractivity contribution in [1.29, 1.82) is 0 Å². The monoisotopic (exact) mass is 300 g/mol. The molecular formula is C14H15F3N2O2. The summed E-state index contributed by atoms with van der Waals surface area (Å²) >= 11 is 0. The molecule has 1 aromatic rings. The molecule has 0 spiro atoms. The first-order valence-electron chi connectivity index (χ1n) is 6.07. The summed E-state index contributed by atoms with van der Waals surface area (Å²) in [6.07, 6.45) is -2.40. The molecule has 0 aliphatic carbocycles. The largest absolute Gasteiger partial charge is 0.490 e. The Bertz CT molecular complexity index is 552. The zero-order valence-electron chi connectivity index (χ0n) is 11.6. The van der Waals surface area contributed by atoms with Crippen LogP contribution in [-0.4, -0.2) is 24.4 Å². The van der Waals surface area contributed by atoms with Crippen LogP contribution in [0.15, 0.2) is 36.0 Å². The number of hydrogen-bond donors (Lipinski definition) is 1. The summed E-state index contributed by atoms with van der Waals surface area (Å²) in [5, 5.41) is 1.77. The summed E-state index contributed by atoms with van der Waals surface area (Å²) in [7, 11) is 0. The normalized spacial score (nSPS) is 11.7. The minimum Gasteiger partial charge on any atom is -0.490 e. The van der Waals surface area contributed by atoms with Crippen LogP contribution in [0.25, 0.3) is 0 Å². The van der Waals surface area contributed by atoms with Crippen LogP contribution in [0.4, 0.5) is 18.9 Å². The molecule has 0 aromatic heterocycles. The molecule has 1 rings (SSSR count). The van der Waals surface area contributed by atoms with Gasteiger partial charge in [-0.3, -0.25) is 9.79 Å². The van der Waals surface area contributed by atoms with Crippen LogP contribution < -0.4 is 10.1 Å². The van der Waals surface area contributed by atoms with Gasteiger partial charge in [0.05, 0.1) is 6.10 Å². The second-order valence-corrected chi connectivity index (χ2v) is 4.33. The Labute approximate surface area is 120 Å². The first-order valence-corrected chi connectivity index (χ1v) is 6.07. The van der Waals surface area contributed by atoms with E-state index in [1.54, 1.807) is 5.32 Å². The van der Waals surface area contributed by atoms with Crippen molar-refractivity contribution in [3.05, 3.63) is 36.5 Å². The molecule has 1 amide bonds. The molecule has 4 nitrogen and oxygen atoms in total. The number of nitrogens with zero attached hydrogens (tertiary/aromatic N) is 1. The van der Waals surface area contributed by atoms with Gasteiger partial charge in [-0.2, -0.15) is 13.2 Å². The van der Waals surface area contributed by atoms with Crippen molar-refractivity contribution < 1.29 is 22.7 Å². The molecule has 0 bridgehead atoms. The summed E-state index contributed by atoms with van der Waals surface area (Å²) < 4.78 is 42.1. The van der Waals surface area contributed by atoms with E-state index in [1.807, 2.05) is 13.8 Å². The van der Waals surface area contributed by atoms with Crippen LogP contribution in [0.2, 0.25) is 0 Å². The van der Waals surface area contributed by atoms with Crippen LogP contribution in [0.1, 0.15) is 19.4 Å². The lowest BCUT2D eigenvalue weighted by atomic mass is 10.2. The number of alkyl halides is 3. The minimum absolute atomic E-state index is 0.000978. The SMILES string of the molecule is C=CN=Cc1cc(NC(=O)C(F)(F)F)ccc1OC(C)C. The van der Waals surface area contributed by atoms with Crippen LogP contribution in [0.5, 0.6) is 5.75 Å². The van der Waals surface area contributed by atoms with Crippen LogP contribution in [0.3, 0.4) is 0 Å². The highest BCUT2D eigenvalue weighted by Crippen LogP contribution is 2.24. The van der Waals surface area contributed by atoms with E-state index in [-0.39, 0.29) is 11.8 Å². The van der Waals surface area contributed by atoms with Crippen molar-refractivity contribution in [3.63, 3.8) is 0 Å². The standard InChI is InChI=1S/C14H15F3N2O2/c1-4-18-8-10-7-11(19-13(20)14(15,16)17)5-6-12(10)21-9(2)3/h4-9H,1H2,2-3H3,(H,19,20). The van der Waals surface area contributed by atoms with Crippen molar-refractivity contribution >= 4 is 17.8 Å². The molecule has 1 N–H and O–H groups in total. The summed E-state index contributed by atoms with van der Waals surface area (Å²) in [6.45, 7) is 7.04. The number of carbonyl (C=O) groups is 1. The Kier molecular flexibility index (Phi) is 5.52. The highest BCUT2D eigenvalue weighted by molar-refractivity contribution is 5.96. The number of nitrogens with one attached hydrogen (secondary N) is 1. The molecule has 0 fully saturated rings. The average Bonchev–Trinajstić information content (AvgIpc) is 2.37. The van der Waals surface area contributed by atoms with Crippen LogP contribution in [0, 0.1) is 0 Å². The molecule has 0 saturated carbocycles. The lowest BCUT2D eigenvalue weighted by molar-refractivity contribution is -0.167. The molecule has 0 aliphatic heterocycles. The highest BCUT2D eigenvalue weighted by atomic mass is 19.4. The maximum Gasteiger partial charge on any atom is 0.471 e. The van der Waals surface area contributed by atoms with E-state index in [1.165, 1.54) is 30.6 Å². The van der Waals surface area contributed by atoms with Crippen molar-refractivity contribution in [1.82, 2.24) is 0 Å². The quantitative estimate of drug-likeness (QED) is 0.846. The molecule has 0 heterocycles. The Balaban J connectivity index is 3.06. The van der Waals surface area contributed by atoms with E-state index >= 15 is 0 Å². The highest BCUT2D eigenvalue weighted by Gasteiger charge is 2.38. The van der Waals surface area contributed by atoms with E-state index in [0.29, 0.717) is 11.3 Å². The molecule has 1 aromatic carbocycles. The number of anilines is 1. The molecule has 0 aliphatic rings. The maximum atomic E-state index is 12.2. The molecule has 0 radical (unpaired) electrons. The molecule has 7 heteroatoms. The van der Waals surface area contributed by atoms with Crippen LogP contribution >= 0.6 is 0 Å². The Morgan fingerprint density at radius 3 is 2.62 bits per heavy atom. The first kappa shape index (κ1) is 16.7. The van der Waals surface area contributed by atoms with E-state index in [0.717, 1.165) is 0 Å². The van der Waals surface area contributed by atoms with Gasteiger partial charge in [0.25, 0.3) is 0 Å². The lowest BCUT2D eigenvalue weighted by Gasteiger charge is -2.14. The third-order valence-corrected chi connectivity index (χ3v) is 2.21. The molecule has 0 atom stereocenters. The van der Waals surface area contributed by atoms with Gasteiger partial charge >= 0.3 is 12.1 Å². The molecule has 21 heavy (non-hydrogen) atoms. The smallest absolute Gasteiger partial charge is 0.471 e. The van der Waals surface area contributed by atoms with Gasteiger partial charge in [-0.25, -0.2) is 0 Å². The van der Waals surface area contributed by atoms with Gasteiger partial charge in [0.2, 0.25) is 0 Å². The van der Waals surface area contributed by atoms with E-state index in [2.05, 4.69) is 11.6 Å². The Morgan fingerprint density at radius 2 is 2.10 bits per heavy atom. The van der Waals surface area contributed by atoms with Crippen molar-refractivity contribution in [2.45, 2.75) is 26.1 Å². The van der Waals surface area contributed by atoms with Gasteiger partial charge < -0.3 is 10.1 Å². The van der Waals surface area contributed by atoms with Gasteiger partial charge in [0, 0.05) is 23.7 Å². The average molecular weight is 300 g/mol. The molecule has 114 valence electrons. The second-order valence-electron chi connectivity index (χ2n) is 4.33. The maximum absolute atomic E-state index is 12.2. The second kappa shape index (κ2) is 6.92. The number of halogens is 3. The van der Waals surface area contributed by atoms with E-state index < -0.39 is 12.1 Å². The minimum atomic E-state index is -4.94. The topological polar surface area (TPSA) is 50.7 Å². The predicted molar refractivity (Wildman–Crippen MR) is 74.7 cm³/mol. The number of benzene rings is 1. The van der Waals surface area contributed by atoms with Gasteiger partial charge in [0.1, 0.15) is 5.75 Å². The summed E-state index contributed by atoms with van der Waals surface area (Å²) in [6, 6.07) is 4.14. The third kappa shape index (κ3) is 5.29. The van der Waals surface area contributed by atoms with E-state index in [4.69, 9.17) is 4.74 Å². The van der Waals surface area contributed by atoms with Crippen molar-refractivity contribution in [3.8, 4) is 5.75 Å². The number of amides is 1. The van der Waals surface area contributed by atoms with Crippen molar-refractivity contribution in [2.24, 2.45) is 4.99 Å². The fraction of sp³-hybridized carbons (Fsp3) is 0.286. The first-order chi connectivity index (χ1) is 9.74. The number of rotatable bonds is 5. The number of aliphatic imine (C=N–C) groups is 1. The Morgan fingerprint density at radius 1 is 1.43 bits per heavy atom. The number of carbonyl (C=O) groups excluding carboxylic acids is 1. The summed E-state index contributed by atoms with van der Waals surface area (Å²) in [5.41, 5.74) is 0.433. The fourth-order valence-corrected chi connectivity index (χ4v) is 1.42. The zero-order valence-corrected chi connectivity index (χ0v) is 11.6. The number of ether oxygens (including phenoxy) is 1. The predicted octanol–water partition coefficient (Wildman–Crippen LogP) is 3.54. The number of hydrogen-bond acceptors (Lipinski definition) is 3.